The Balaban J connectivity index is 1.85. The second-order valence-electron chi connectivity index (χ2n) is 6.65. The van der Waals surface area contributed by atoms with E-state index >= 15 is 0 Å². The molecule has 132 valence electrons. The number of rotatable bonds is 3. The SMILES string of the molecule is C[C@@H]1CN(C(=O)c2ccc(=O)n(Cc3ccccc3Cl)c2)C[C@H](C)N1. The Morgan fingerprint density at radius 3 is 2.52 bits per heavy atom. The van der Waals surface area contributed by atoms with Crippen molar-refractivity contribution in [2.45, 2.75) is 32.5 Å². The maximum absolute atomic E-state index is 12.8. The summed E-state index contributed by atoms with van der Waals surface area (Å²) in [6.45, 7) is 5.79. The second kappa shape index (κ2) is 7.42. The molecule has 0 unspecified atom stereocenters. The summed E-state index contributed by atoms with van der Waals surface area (Å²) >= 11 is 6.19. The minimum atomic E-state index is -0.154. The highest BCUT2D eigenvalue weighted by Crippen LogP contribution is 2.16. The number of amides is 1. The molecule has 0 saturated carbocycles. The van der Waals surface area contributed by atoms with Crippen molar-refractivity contribution in [3.63, 3.8) is 0 Å². The van der Waals surface area contributed by atoms with Gasteiger partial charge in [0.15, 0.2) is 0 Å². The van der Waals surface area contributed by atoms with Crippen LogP contribution in [0.2, 0.25) is 5.02 Å². The molecule has 3 rings (SSSR count). The number of nitrogens with one attached hydrogen (secondary N) is 1. The summed E-state index contributed by atoms with van der Waals surface area (Å²) < 4.78 is 1.53. The molecule has 0 spiro atoms. The fourth-order valence-electron chi connectivity index (χ4n) is 3.27. The van der Waals surface area contributed by atoms with Crippen LogP contribution in [0.15, 0.2) is 47.4 Å². The van der Waals surface area contributed by atoms with Crippen LogP contribution in [0.25, 0.3) is 0 Å². The van der Waals surface area contributed by atoms with E-state index in [1.807, 2.05) is 23.1 Å². The number of halogens is 1. The number of piperazine rings is 1. The number of carbonyl (C=O) groups is 1. The molecule has 1 fully saturated rings. The van der Waals surface area contributed by atoms with Crippen LogP contribution in [-0.2, 0) is 6.54 Å². The Morgan fingerprint density at radius 2 is 1.84 bits per heavy atom. The summed E-state index contributed by atoms with van der Waals surface area (Å²) in [6.07, 6.45) is 1.63. The predicted octanol–water partition coefficient (Wildman–Crippen LogP) is 2.37. The minimum absolute atomic E-state index is 0.0480. The predicted molar refractivity (Wildman–Crippen MR) is 99.2 cm³/mol. The molecule has 1 aliphatic heterocycles. The van der Waals surface area contributed by atoms with E-state index in [0.29, 0.717) is 30.2 Å². The molecule has 0 bridgehead atoms. The summed E-state index contributed by atoms with van der Waals surface area (Å²) in [7, 11) is 0. The zero-order chi connectivity index (χ0) is 18.0. The van der Waals surface area contributed by atoms with Gasteiger partial charge in [-0.25, -0.2) is 0 Å². The molecular formula is C19H22ClN3O2. The third-order valence-electron chi connectivity index (χ3n) is 4.37. The van der Waals surface area contributed by atoms with Crippen LogP contribution in [0.3, 0.4) is 0 Å². The molecule has 0 aliphatic carbocycles. The number of pyridine rings is 1. The first kappa shape index (κ1) is 17.7. The molecule has 1 N–H and O–H groups in total. The molecule has 25 heavy (non-hydrogen) atoms. The Bertz CT molecular complexity index is 823. The average Bonchev–Trinajstić information content (AvgIpc) is 2.57. The van der Waals surface area contributed by atoms with Gasteiger partial charge in [0.1, 0.15) is 0 Å². The first-order valence-electron chi connectivity index (χ1n) is 8.43. The number of hydrogen-bond acceptors (Lipinski definition) is 3. The van der Waals surface area contributed by atoms with E-state index in [9.17, 15) is 9.59 Å². The molecule has 1 amide bonds. The van der Waals surface area contributed by atoms with Crippen LogP contribution in [0.5, 0.6) is 0 Å². The van der Waals surface area contributed by atoms with Crippen LogP contribution in [0.1, 0.15) is 29.8 Å². The molecule has 1 aromatic carbocycles. The van der Waals surface area contributed by atoms with Crippen molar-refractivity contribution >= 4 is 17.5 Å². The molecule has 1 aromatic heterocycles. The van der Waals surface area contributed by atoms with Gasteiger partial charge in [0, 0.05) is 42.5 Å². The van der Waals surface area contributed by atoms with Gasteiger partial charge in [-0.1, -0.05) is 29.8 Å². The van der Waals surface area contributed by atoms with Crippen LogP contribution < -0.4 is 10.9 Å². The van der Waals surface area contributed by atoms with Crippen molar-refractivity contribution in [3.05, 3.63) is 69.1 Å². The van der Waals surface area contributed by atoms with Gasteiger partial charge in [-0.15, -0.1) is 0 Å². The summed E-state index contributed by atoms with van der Waals surface area (Å²) in [5.74, 6) is -0.0480. The molecule has 5 nitrogen and oxygen atoms in total. The highest BCUT2D eigenvalue weighted by molar-refractivity contribution is 6.31. The van der Waals surface area contributed by atoms with Gasteiger partial charge < -0.3 is 14.8 Å². The molecule has 0 radical (unpaired) electrons. The van der Waals surface area contributed by atoms with Gasteiger partial charge in [-0.2, -0.15) is 0 Å². The quantitative estimate of drug-likeness (QED) is 0.915. The van der Waals surface area contributed by atoms with Gasteiger partial charge in [-0.05, 0) is 31.5 Å². The topological polar surface area (TPSA) is 54.3 Å². The molecule has 2 aromatic rings. The zero-order valence-corrected chi connectivity index (χ0v) is 15.2. The molecule has 2 atom stereocenters. The van der Waals surface area contributed by atoms with Crippen molar-refractivity contribution in [2.24, 2.45) is 0 Å². The maximum Gasteiger partial charge on any atom is 0.255 e. The van der Waals surface area contributed by atoms with Crippen LogP contribution in [0.4, 0.5) is 0 Å². The first-order valence-corrected chi connectivity index (χ1v) is 8.81. The second-order valence-corrected chi connectivity index (χ2v) is 7.06. The van der Waals surface area contributed by atoms with E-state index in [1.54, 1.807) is 18.3 Å². The lowest BCUT2D eigenvalue weighted by atomic mass is 10.1. The molecule has 1 aliphatic rings. The fourth-order valence-corrected chi connectivity index (χ4v) is 3.46. The van der Waals surface area contributed by atoms with E-state index in [0.717, 1.165) is 5.56 Å². The van der Waals surface area contributed by atoms with Crippen molar-refractivity contribution in [1.29, 1.82) is 0 Å². The molecular weight excluding hydrogens is 338 g/mol. The standard InChI is InChI=1S/C19H22ClN3O2/c1-13-9-23(10-14(2)21-13)19(25)16-7-8-18(24)22(12-16)11-15-5-3-4-6-17(15)20/h3-8,12-14,21H,9-11H2,1-2H3/t13-,14+. The molecule has 1 saturated heterocycles. The minimum Gasteiger partial charge on any atom is -0.335 e. The highest BCUT2D eigenvalue weighted by atomic mass is 35.5. The van der Waals surface area contributed by atoms with Crippen molar-refractivity contribution in [2.75, 3.05) is 13.1 Å². The summed E-state index contributed by atoms with van der Waals surface area (Å²) in [5, 5.41) is 4.02. The van der Waals surface area contributed by atoms with Gasteiger partial charge in [0.05, 0.1) is 12.1 Å². The van der Waals surface area contributed by atoms with Gasteiger partial charge >= 0.3 is 0 Å². The summed E-state index contributed by atoms with van der Waals surface area (Å²) in [6, 6.07) is 10.9. The highest BCUT2D eigenvalue weighted by Gasteiger charge is 2.25. The van der Waals surface area contributed by atoms with E-state index < -0.39 is 0 Å². The fraction of sp³-hybridized carbons (Fsp3) is 0.368. The largest absolute Gasteiger partial charge is 0.335 e. The number of hydrogen-bond donors (Lipinski definition) is 1. The summed E-state index contributed by atoms with van der Waals surface area (Å²) in [4.78, 5) is 26.8. The van der Waals surface area contributed by atoms with Crippen LogP contribution >= 0.6 is 11.6 Å². The van der Waals surface area contributed by atoms with E-state index in [2.05, 4.69) is 19.2 Å². The number of carbonyl (C=O) groups excluding carboxylic acids is 1. The van der Waals surface area contributed by atoms with Crippen molar-refractivity contribution in [3.8, 4) is 0 Å². The monoisotopic (exact) mass is 359 g/mol. The lowest BCUT2D eigenvalue weighted by Crippen LogP contribution is -2.55. The lowest BCUT2D eigenvalue weighted by molar-refractivity contribution is 0.0673. The third-order valence-corrected chi connectivity index (χ3v) is 4.74. The van der Waals surface area contributed by atoms with Crippen LogP contribution in [-0.4, -0.2) is 40.5 Å². The lowest BCUT2D eigenvalue weighted by Gasteiger charge is -2.36. The Morgan fingerprint density at radius 1 is 1.16 bits per heavy atom. The van der Waals surface area contributed by atoms with E-state index in [4.69, 9.17) is 11.6 Å². The number of aromatic nitrogens is 1. The molecule has 2 heterocycles. The van der Waals surface area contributed by atoms with E-state index in [1.165, 1.54) is 10.6 Å². The zero-order valence-electron chi connectivity index (χ0n) is 14.4. The Labute approximate surface area is 152 Å². The van der Waals surface area contributed by atoms with Gasteiger partial charge in [0.2, 0.25) is 0 Å². The van der Waals surface area contributed by atoms with Gasteiger partial charge in [-0.3, -0.25) is 9.59 Å². The average molecular weight is 360 g/mol. The Hall–Kier alpha value is -2.11. The number of nitrogens with zero attached hydrogens (tertiary/aromatic N) is 2. The third kappa shape index (κ3) is 4.11. The molecule has 6 heteroatoms. The Kier molecular flexibility index (Phi) is 5.25. The van der Waals surface area contributed by atoms with E-state index in [-0.39, 0.29) is 23.6 Å². The van der Waals surface area contributed by atoms with Crippen molar-refractivity contribution < 1.29 is 4.79 Å². The number of benzene rings is 1. The maximum atomic E-state index is 12.8. The normalized spacial score (nSPS) is 20.5. The first-order chi connectivity index (χ1) is 11.9. The van der Waals surface area contributed by atoms with Crippen molar-refractivity contribution in [1.82, 2.24) is 14.8 Å². The smallest absolute Gasteiger partial charge is 0.255 e. The summed E-state index contributed by atoms with van der Waals surface area (Å²) in [5.41, 5.74) is 1.21. The van der Waals surface area contributed by atoms with Gasteiger partial charge in [0.25, 0.3) is 11.5 Å². The van der Waals surface area contributed by atoms with Crippen LogP contribution in [0, 0.1) is 0 Å².